The highest BCUT2D eigenvalue weighted by atomic mass is 19.1. The third kappa shape index (κ3) is 2.42. The molecule has 1 aliphatic rings. The van der Waals surface area contributed by atoms with Crippen molar-refractivity contribution in [3.05, 3.63) is 30.1 Å². The van der Waals surface area contributed by atoms with Crippen LogP contribution >= 0.6 is 0 Å². The van der Waals surface area contributed by atoms with Crippen molar-refractivity contribution < 1.29 is 19.1 Å². The summed E-state index contributed by atoms with van der Waals surface area (Å²) in [5.74, 6) is -2.63. The Morgan fingerprint density at radius 1 is 1.41 bits per heavy atom. The number of aliphatic hydroxyl groups excluding tert-OH is 1. The molecule has 1 aromatic rings. The molecular formula is C11H11FN2O3. The monoisotopic (exact) mass is 238 g/mol. The van der Waals surface area contributed by atoms with Gasteiger partial charge in [-0.25, -0.2) is 4.39 Å². The zero-order valence-corrected chi connectivity index (χ0v) is 8.81. The molecule has 1 fully saturated rings. The summed E-state index contributed by atoms with van der Waals surface area (Å²) in [5, 5.41) is 14.3. The highest BCUT2D eigenvalue weighted by molar-refractivity contribution is 6.08. The van der Waals surface area contributed by atoms with Crippen molar-refractivity contribution in [2.24, 2.45) is 5.92 Å². The molecule has 6 heteroatoms. The smallest absolute Gasteiger partial charge is 0.239 e. The van der Waals surface area contributed by atoms with Gasteiger partial charge in [0.15, 0.2) is 0 Å². The summed E-state index contributed by atoms with van der Waals surface area (Å²) in [6, 6.07) is 5.15. The van der Waals surface area contributed by atoms with Crippen molar-refractivity contribution in [2.45, 2.75) is 6.10 Å². The van der Waals surface area contributed by atoms with Crippen LogP contribution in [-0.2, 0) is 9.59 Å². The first-order valence-electron chi connectivity index (χ1n) is 5.10. The lowest BCUT2D eigenvalue weighted by Crippen LogP contribution is -2.34. The zero-order chi connectivity index (χ0) is 12.4. The average molecular weight is 238 g/mol. The van der Waals surface area contributed by atoms with Gasteiger partial charge in [0.05, 0.1) is 6.10 Å². The molecule has 0 aliphatic carbocycles. The summed E-state index contributed by atoms with van der Waals surface area (Å²) < 4.78 is 12.6. The minimum atomic E-state index is -1.11. The molecule has 5 nitrogen and oxygen atoms in total. The molecule has 17 heavy (non-hydrogen) atoms. The molecule has 2 amide bonds. The third-order valence-electron chi connectivity index (χ3n) is 2.55. The van der Waals surface area contributed by atoms with E-state index in [4.69, 9.17) is 0 Å². The van der Waals surface area contributed by atoms with Gasteiger partial charge in [-0.05, 0) is 24.3 Å². The molecule has 1 heterocycles. The van der Waals surface area contributed by atoms with Crippen LogP contribution in [-0.4, -0.2) is 29.6 Å². The summed E-state index contributed by atoms with van der Waals surface area (Å²) in [6.45, 7) is 0.0698. The van der Waals surface area contributed by atoms with Crippen LogP contribution in [0, 0.1) is 11.7 Å². The number of halogens is 1. The number of anilines is 1. The first-order valence-corrected chi connectivity index (χ1v) is 5.10. The van der Waals surface area contributed by atoms with Crippen molar-refractivity contribution in [1.29, 1.82) is 0 Å². The van der Waals surface area contributed by atoms with Crippen molar-refractivity contribution >= 4 is 17.5 Å². The molecule has 1 aromatic carbocycles. The minimum Gasteiger partial charge on any atom is -0.390 e. The maximum atomic E-state index is 12.6. The number of hydrogen-bond acceptors (Lipinski definition) is 3. The molecule has 0 bridgehead atoms. The van der Waals surface area contributed by atoms with Gasteiger partial charge in [0.2, 0.25) is 11.8 Å². The Morgan fingerprint density at radius 3 is 2.59 bits per heavy atom. The fraction of sp³-hybridized carbons (Fsp3) is 0.273. The highest BCUT2D eigenvalue weighted by Crippen LogP contribution is 2.15. The molecule has 2 rings (SSSR count). The summed E-state index contributed by atoms with van der Waals surface area (Å²) in [5.41, 5.74) is 0.378. The van der Waals surface area contributed by atoms with Gasteiger partial charge in [0.1, 0.15) is 11.7 Å². The third-order valence-corrected chi connectivity index (χ3v) is 2.55. The molecule has 0 spiro atoms. The Balaban J connectivity index is 2.06. The predicted octanol–water partition coefficient (Wildman–Crippen LogP) is -0.129. The fourth-order valence-electron chi connectivity index (χ4n) is 1.65. The molecule has 2 atom stereocenters. The van der Waals surface area contributed by atoms with E-state index in [1.807, 2.05) is 0 Å². The first-order chi connectivity index (χ1) is 8.08. The summed E-state index contributed by atoms with van der Waals surface area (Å²) in [7, 11) is 0. The number of aliphatic hydroxyl groups is 1. The second-order valence-corrected chi connectivity index (χ2v) is 3.79. The first kappa shape index (κ1) is 11.5. The summed E-state index contributed by atoms with van der Waals surface area (Å²) in [4.78, 5) is 23.0. The van der Waals surface area contributed by atoms with Gasteiger partial charge in [0.25, 0.3) is 0 Å². The van der Waals surface area contributed by atoms with E-state index in [0.717, 1.165) is 0 Å². The maximum Gasteiger partial charge on any atom is 0.239 e. The topological polar surface area (TPSA) is 78.4 Å². The predicted molar refractivity (Wildman–Crippen MR) is 57.5 cm³/mol. The van der Waals surface area contributed by atoms with Crippen molar-refractivity contribution in [1.82, 2.24) is 5.32 Å². The molecule has 1 saturated heterocycles. The summed E-state index contributed by atoms with van der Waals surface area (Å²) in [6.07, 6.45) is -1.03. The van der Waals surface area contributed by atoms with Crippen LogP contribution in [0.4, 0.5) is 10.1 Å². The molecule has 3 N–H and O–H groups in total. The quantitative estimate of drug-likeness (QED) is 0.628. The van der Waals surface area contributed by atoms with E-state index in [1.165, 1.54) is 24.3 Å². The fourth-order valence-corrected chi connectivity index (χ4v) is 1.65. The standard InChI is InChI=1S/C11H11FN2O3/c12-6-1-3-7(4-2-6)14-11(17)9-8(15)5-13-10(9)16/h1-4,8-9,15H,5H2,(H,13,16)(H,14,17). The van der Waals surface area contributed by atoms with E-state index >= 15 is 0 Å². The highest BCUT2D eigenvalue weighted by Gasteiger charge is 2.39. The minimum absolute atomic E-state index is 0.0698. The molecule has 90 valence electrons. The van der Waals surface area contributed by atoms with Crippen molar-refractivity contribution in [3.63, 3.8) is 0 Å². The van der Waals surface area contributed by atoms with Crippen LogP contribution in [0.3, 0.4) is 0 Å². The Hall–Kier alpha value is -1.95. The van der Waals surface area contributed by atoms with Gasteiger partial charge in [0, 0.05) is 12.2 Å². The number of carbonyl (C=O) groups is 2. The maximum absolute atomic E-state index is 12.6. The number of carbonyl (C=O) groups excluding carboxylic acids is 2. The Bertz CT molecular complexity index is 447. The summed E-state index contributed by atoms with van der Waals surface area (Å²) >= 11 is 0. The second kappa shape index (κ2) is 4.50. The lowest BCUT2D eigenvalue weighted by atomic mass is 10.0. The molecule has 1 aliphatic heterocycles. The van der Waals surface area contributed by atoms with Crippen LogP contribution in [0.15, 0.2) is 24.3 Å². The van der Waals surface area contributed by atoms with Crippen LogP contribution in [0.2, 0.25) is 0 Å². The van der Waals surface area contributed by atoms with E-state index in [9.17, 15) is 19.1 Å². The largest absolute Gasteiger partial charge is 0.390 e. The van der Waals surface area contributed by atoms with Crippen LogP contribution in [0.1, 0.15) is 0 Å². The zero-order valence-electron chi connectivity index (χ0n) is 8.81. The average Bonchev–Trinajstić information content (AvgIpc) is 2.62. The van der Waals surface area contributed by atoms with E-state index in [0.29, 0.717) is 5.69 Å². The number of benzene rings is 1. The normalized spacial score (nSPS) is 23.3. The van der Waals surface area contributed by atoms with Crippen molar-refractivity contribution in [3.8, 4) is 0 Å². The van der Waals surface area contributed by atoms with E-state index in [-0.39, 0.29) is 6.54 Å². The van der Waals surface area contributed by atoms with E-state index in [1.54, 1.807) is 0 Å². The van der Waals surface area contributed by atoms with Crippen LogP contribution in [0.5, 0.6) is 0 Å². The van der Waals surface area contributed by atoms with Gasteiger partial charge in [-0.2, -0.15) is 0 Å². The van der Waals surface area contributed by atoms with Gasteiger partial charge in [-0.15, -0.1) is 0 Å². The van der Waals surface area contributed by atoms with Crippen molar-refractivity contribution in [2.75, 3.05) is 11.9 Å². The SMILES string of the molecule is O=C1NCC(O)C1C(=O)Nc1ccc(F)cc1. The van der Waals surface area contributed by atoms with Gasteiger partial charge >= 0.3 is 0 Å². The van der Waals surface area contributed by atoms with Gasteiger partial charge in [-0.1, -0.05) is 0 Å². The Morgan fingerprint density at radius 2 is 2.06 bits per heavy atom. The van der Waals surface area contributed by atoms with Crippen LogP contribution in [0.25, 0.3) is 0 Å². The lowest BCUT2D eigenvalue weighted by Gasteiger charge is -2.11. The number of nitrogens with one attached hydrogen (secondary N) is 2. The number of rotatable bonds is 2. The Kier molecular flexibility index (Phi) is 3.06. The lowest BCUT2D eigenvalue weighted by molar-refractivity contribution is -0.132. The molecule has 0 aromatic heterocycles. The number of amides is 2. The van der Waals surface area contributed by atoms with Gasteiger partial charge < -0.3 is 15.7 Å². The van der Waals surface area contributed by atoms with Gasteiger partial charge in [-0.3, -0.25) is 9.59 Å². The molecular weight excluding hydrogens is 227 g/mol. The van der Waals surface area contributed by atoms with Crippen LogP contribution < -0.4 is 10.6 Å². The second-order valence-electron chi connectivity index (χ2n) is 3.79. The van der Waals surface area contributed by atoms with E-state index < -0.39 is 29.7 Å². The number of hydrogen-bond donors (Lipinski definition) is 3. The van der Waals surface area contributed by atoms with E-state index in [2.05, 4.69) is 10.6 Å². The number of β-amino-alcohol motifs (C(OH)–C–C–N with tert-alkyl or cyclic N) is 1. The molecule has 0 radical (unpaired) electrons. The molecule has 0 saturated carbocycles. The molecule has 2 unspecified atom stereocenters. The Labute approximate surface area is 96.6 Å².